The molecule has 0 saturated carbocycles. The van der Waals surface area contributed by atoms with Gasteiger partial charge in [0, 0.05) is 19.5 Å². The molecule has 0 saturated heterocycles. The second-order valence-corrected chi connectivity index (χ2v) is 6.69. The third-order valence-electron chi connectivity index (χ3n) is 3.34. The van der Waals surface area contributed by atoms with Gasteiger partial charge in [-0.2, -0.15) is 0 Å². The van der Waals surface area contributed by atoms with Crippen molar-refractivity contribution in [3.8, 4) is 5.75 Å². The number of hydrogen-bond acceptors (Lipinski definition) is 4. The molecular formula is C13H20N2O3S. The van der Waals surface area contributed by atoms with Crippen molar-refractivity contribution in [2.24, 2.45) is 5.73 Å². The van der Waals surface area contributed by atoms with Gasteiger partial charge in [-0.1, -0.05) is 19.1 Å². The molecule has 0 amide bonds. The zero-order valence-electron chi connectivity index (χ0n) is 11.1. The van der Waals surface area contributed by atoms with Crippen LogP contribution in [-0.4, -0.2) is 33.4 Å². The van der Waals surface area contributed by atoms with Gasteiger partial charge >= 0.3 is 0 Å². The van der Waals surface area contributed by atoms with Crippen LogP contribution in [0.25, 0.3) is 0 Å². The van der Waals surface area contributed by atoms with Crippen LogP contribution in [0.2, 0.25) is 0 Å². The number of ether oxygens (including phenoxy) is 1. The third-order valence-corrected chi connectivity index (χ3v) is 5.71. The zero-order valence-corrected chi connectivity index (χ0v) is 11.9. The predicted octanol–water partition coefficient (Wildman–Crippen LogP) is 1.34. The summed E-state index contributed by atoms with van der Waals surface area (Å²) in [6.07, 6.45) is 1.19. The normalized spacial score (nSPS) is 17.3. The topological polar surface area (TPSA) is 72.6 Å². The van der Waals surface area contributed by atoms with E-state index in [2.05, 4.69) is 0 Å². The quantitative estimate of drug-likeness (QED) is 0.905. The van der Waals surface area contributed by atoms with E-state index in [9.17, 15) is 8.42 Å². The highest BCUT2D eigenvalue weighted by atomic mass is 32.2. The minimum absolute atomic E-state index is 0.137. The van der Waals surface area contributed by atoms with E-state index in [4.69, 9.17) is 10.5 Å². The monoisotopic (exact) mass is 284 g/mol. The Kier molecular flexibility index (Phi) is 4.31. The Hall–Kier alpha value is -1.27. The first-order valence-corrected chi connectivity index (χ1v) is 8.05. The Morgan fingerprint density at radius 2 is 2.16 bits per heavy atom. The molecule has 5 nitrogen and oxygen atoms in total. The number of sulfonamides is 1. The summed E-state index contributed by atoms with van der Waals surface area (Å²) in [6.45, 7) is 2.95. The van der Waals surface area contributed by atoms with Gasteiger partial charge in [-0.15, -0.1) is 0 Å². The van der Waals surface area contributed by atoms with Gasteiger partial charge in [0.2, 0.25) is 10.0 Å². The van der Waals surface area contributed by atoms with Crippen LogP contribution in [0.15, 0.2) is 24.3 Å². The summed E-state index contributed by atoms with van der Waals surface area (Å²) in [7, 11) is -3.43. The molecule has 2 rings (SSSR count). The van der Waals surface area contributed by atoms with Crippen LogP contribution < -0.4 is 14.8 Å². The van der Waals surface area contributed by atoms with Crippen LogP contribution >= 0.6 is 0 Å². The minimum atomic E-state index is -3.43. The van der Waals surface area contributed by atoms with Crippen LogP contribution in [0.4, 0.5) is 5.69 Å². The number of nitrogens with zero attached hydrogens (tertiary/aromatic N) is 1. The van der Waals surface area contributed by atoms with Crippen LogP contribution in [0.1, 0.15) is 19.8 Å². The number of hydrogen-bond donors (Lipinski definition) is 1. The molecule has 1 aliphatic rings. The summed E-state index contributed by atoms with van der Waals surface area (Å²) in [5, 5.41) is -0.543. The lowest BCUT2D eigenvalue weighted by Crippen LogP contribution is -2.42. The molecule has 0 radical (unpaired) electrons. The van der Waals surface area contributed by atoms with Gasteiger partial charge in [-0.3, -0.25) is 4.31 Å². The van der Waals surface area contributed by atoms with E-state index in [0.717, 1.165) is 0 Å². The van der Waals surface area contributed by atoms with E-state index in [1.807, 2.05) is 19.1 Å². The van der Waals surface area contributed by atoms with Crippen molar-refractivity contribution in [1.82, 2.24) is 0 Å². The first-order chi connectivity index (χ1) is 9.11. The Labute approximate surface area is 114 Å². The van der Waals surface area contributed by atoms with Gasteiger partial charge in [0.15, 0.2) is 0 Å². The number of anilines is 1. The average molecular weight is 284 g/mol. The van der Waals surface area contributed by atoms with Crippen molar-refractivity contribution in [1.29, 1.82) is 0 Å². The van der Waals surface area contributed by atoms with E-state index >= 15 is 0 Å². The zero-order chi connectivity index (χ0) is 13.9. The lowest BCUT2D eigenvalue weighted by molar-refractivity contribution is 0.322. The fourth-order valence-corrected chi connectivity index (χ4v) is 4.07. The van der Waals surface area contributed by atoms with E-state index in [-0.39, 0.29) is 6.54 Å². The van der Waals surface area contributed by atoms with Gasteiger partial charge < -0.3 is 10.5 Å². The van der Waals surface area contributed by atoms with Crippen LogP contribution in [0, 0.1) is 0 Å². The summed E-state index contributed by atoms with van der Waals surface area (Å²) < 4.78 is 32.3. The molecule has 106 valence electrons. The van der Waals surface area contributed by atoms with Crippen molar-refractivity contribution >= 4 is 15.7 Å². The number of para-hydroxylation sites is 2. The fourth-order valence-electron chi connectivity index (χ4n) is 2.24. The molecule has 2 N–H and O–H groups in total. The first-order valence-electron chi connectivity index (χ1n) is 6.54. The van der Waals surface area contributed by atoms with Gasteiger partial charge in [0.1, 0.15) is 5.75 Å². The molecule has 0 aromatic heterocycles. The van der Waals surface area contributed by atoms with Crippen molar-refractivity contribution in [2.75, 3.05) is 24.0 Å². The first kappa shape index (κ1) is 14.1. The second kappa shape index (κ2) is 5.79. The number of nitrogens with two attached hydrogens (primary N) is 1. The van der Waals surface area contributed by atoms with Crippen molar-refractivity contribution in [3.05, 3.63) is 24.3 Å². The molecule has 0 fully saturated rings. The Morgan fingerprint density at radius 1 is 1.42 bits per heavy atom. The molecule has 1 aliphatic heterocycles. The summed E-state index contributed by atoms with van der Waals surface area (Å²) >= 11 is 0. The van der Waals surface area contributed by atoms with Gasteiger partial charge in [0.05, 0.1) is 17.5 Å². The predicted molar refractivity (Wildman–Crippen MR) is 76.0 cm³/mol. The maximum Gasteiger partial charge on any atom is 0.239 e. The number of benzene rings is 1. The van der Waals surface area contributed by atoms with Crippen molar-refractivity contribution in [3.63, 3.8) is 0 Å². The maximum absolute atomic E-state index is 12.7. The average Bonchev–Trinajstić information content (AvgIpc) is 2.62. The Balaban J connectivity index is 2.44. The molecule has 6 heteroatoms. The number of fused-ring (bicyclic) bond motifs is 1. The highest BCUT2D eigenvalue weighted by Gasteiger charge is 2.32. The molecule has 0 aliphatic carbocycles. The summed E-state index contributed by atoms with van der Waals surface area (Å²) in [4.78, 5) is 0. The molecule has 1 heterocycles. The smallest absolute Gasteiger partial charge is 0.239 e. The summed E-state index contributed by atoms with van der Waals surface area (Å²) in [6, 6.07) is 7.24. The highest BCUT2D eigenvalue weighted by Crippen LogP contribution is 2.33. The molecule has 0 spiro atoms. The van der Waals surface area contributed by atoms with Crippen LogP contribution in [0.3, 0.4) is 0 Å². The largest absolute Gasteiger partial charge is 0.491 e. The molecular weight excluding hydrogens is 264 g/mol. The van der Waals surface area contributed by atoms with E-state index in [1.165, 1.54) is 4.31 Å². The number of rotatable bonds is 4. The van der Waals surface area contributed by atoms with Gasteiger partial charge in [-0.05, 0) is 18.6 Å². The van der Waals surface area contributed by atoms with Crippen molar-refractivity contribution < 1.29 is 13.2 Å². The van der Waals surface area contributed by atoms with Gasteiger partial charge in [-0.25, -0.2) is 8.42 Å². The third kappa shape index (κ3) is 2.69. The van der Waals surface area contributed by atoms with Crippen LogP contribution in [-0.2, 0) is 10.0 Å². The van der Waals surface area contributed by atoms with E-state index in [0.29, 0.717) is 37.4 Å². The SMILES string of the molecule is CCC(CN)S(=O)(=O)N1CCCOc2ccccc21. The molecule has 1 aromatic rings. The summed E-state index contributed by atoms with van der Waals surface area (Å²) in [5.41, 5.74) is 6.22. The van der Waals surface area contributed by atoms with E-state index < -0.39 is 15.3 Å². The standard InChI is InChI=1S/C13H20N2O3S/c1-2-11(10-14)19(16,17)15-8-5-9-18-13-7-4-3-6-12(13)15/h3-4,6-7,11H,2,5,8-10,14H2,1H3. The minimum Gasteiger partial charge on any atom is -0.491 e. The lowest BCUT2D eigenvalue weighted by atomic mass is 10.3. The van der Waals surface area contributed by atoms with Crippen molar-refractivity contribution in [2.45, 2.75) is 25.0 Å². The highest BCUT2D eigenvalue weighted by molar-refractivity contribution is 7.93. The molecule has 19 heavy (non-hydrogen) atoms. The Bertz CT molecular complexity index is 526. The Morgan fingerprint density at radius 3 is 2.84 bits per heavy atom. The van der Waals surface area contributed by atoms with E-state index in [1.54, 1.807) is 12.1 Å². The molecule has 1 unspecified atom stereocenters. The van der Waals surface area contributed by atoms with Gasteiger partial charge in [0.25, 0.3) is 0 Å². The lowest BCUT2D eigenvalue weighted by Gasteiger charge is -2.27. The summed E-state index contributed by atoms with van der Waals surface area (Å²) in [5.74, 6) is 0.621. The maximum atomic E-state index is 12.7. The van der Waals surface area contributed by atoms with Crippen LogP contribution in [0.5, 0.6) is 5.75 Å². The molecule has 1 atom stereocenters. The second-order valence-electron chi connectivity index (χ2n) is 4.55. The molecule has 1 aromatic carbocycles. The molecule has 0 bridgehead atoms. The fraction of sp³-hybridized carbons (Fsp3) is 0.538.